The van der Waals surface area contributed by atoms with Crippen molar-refractivity contribution in [1.29, 1.82) is 0 Å². The summed E-state index contributed by atoms with van der Waals surface area (Å²) < 4.78 is 12.4. The van der Waals surface area contributed by atoms with Gasteiger partial charge in [-0.3, -0.25) is 19.2 Å². The Labute approximate surface area is 208 Å². The van der Waals surface area contributed by atoms with E-state index in [1.807, 2.05) is 24.3 Å². The molecule has 6 nitrogen and oxygen atoms in total. The topological polar surface area (TPSA) is 93.3 Å². The molecule has 8 rings (SSSR count). The number of Topliss-reactive ketones (excluding diaryl/α,β-unsaturated/α-hetero) is 3. The van der Waals surface area contributed by atoms with Crippen LogP contribution in [0.25, 0.3) is 0 Å². The first-order valence-electron chi connectivity index (χ1n) is 12.3. The van der Waals surface area contributed by atoms with Crippen molar-refractivity contribution in [3.63, 3.8) is 0 Å². The molecular formula is C30H24O6. The van der Waals surface area contributed by atoms with Gasteiger partial charge < -0.3 is 9.47 Å². The van der Waals surface area contributed by atoms with Crippen LogP contribution in [0.5, 0.6) is 0 Å². The van der Waals surface area contributed by atoms with Crippen LogP contribution in [0.15, 0.2) is 85.0 Å². The number of carbonyl (C=O) groups is 4. The predicted octanol–water partition coefficient (Wildman–Crippen LogP) is 3.56. The summed E-state index contributed by atoms with van der Waals surface area (Å²) >= 11 is 0. The van der Waals surface area contributed by atoms with Gasteiger partial charge in [-0.2, -0.15) is 0 Å². The Morgan fingerprint density at radius 3 is 1.83 bits per heavy atom. The van der Waals surface area contributed by atoms with Crippen LogP contribution in [0.4, 0.5) is 0 Å². The van der Waals surface area contributed by atoms with Gasteiger partial charge in [0.2, 0.25) is 0 Å². The Kier molecular flexibility index (Phi) is 4.01. The number of ketones is 4. The van der Waals surface area contributed by atoms with Crippen LogP contribution in [0.2, 0.25) is 0 Å². The summed E-state index contributed by atoms with van der Waals surface area (Å²) in [6.45, 7) is 3.33. The highest BCUT2D eigenvalue weighted by Crippen LogP contribution is 2.71. The molecule has 8 atom stereocenters. The SMILES string of the molecule is C[C@@]1(C(=O)c2ccccc2)OC12C(=O)C1C=CC2C2C1C=CC(=O)[C@]21O[C@@]1(C)C(=O)c1ccccc1. The van der Waals surface area contributed by atoms with Crippen molar-refractivity contribution in [3.8, 4) is 0 Å². The largest absolute Gasteiger partial charge is 0.345 e. The van der Waals surface area contributed by atoms with Crippen molar-refractivity contribution in [3.05, 3.63) is 96.1 Å². The van der Waals surface area contributed by atoms with Crippen molar-refractivity contribution in [1.82, 2.24) is 0 Å². The summed E-state index contributed by atoms with van der Waals surface area (Å²) in [5.41, 5.74) is -4.60. The summed E-state index contributed by atoms with van der Waals surface area (Å²) in [7, 11) is 0. The fraction of sp³-hybridized carbons (Fsp3) is 0.333. The molecule has 2 aromatic carbocycles. The zero-order chi connectivity index (χ0) is 25.1. The summed E-state index contributed by atoms with van der Waals surface area (Å²) in [5, 5.41) is 0. The Hall–Kier alpha value is -3.48. The van der Waals surface area contributed by atoms with Gasteiger partial charge in [-0.1, -0.05) is 78.9 Å². The van der Waals surface area contributed by atoms with Crippen molar-refractivity contribution in [2.45, 2.75) is 36.3 Å². The minimum Gasteiger partial charge on any atom is -0.345 e. The normalized spacial score (nSPS) is 43.1. The van der Waals surface area contributed by atoms with Crippen molar-refractivity contribution < 1.29 is 28.7 Å². The molecule has 1 saturated carbocycles. The fourth-order valence-corrected chi connectivity index (χ4v) is 7.36. The zero-order valence-electron chi connectivity index (χ0n) is 19.8. The molecule has 0 N–H and O–H groups in total. The van der Waals surface area contributed by atoms with E-state index in [4.69, 9.17) is 9.47 Å². The predicted molar refractivity (Wildman–Crippen MR) is 128 cm³/mol. The van der Waals surface area contributed by atoms with Gasteiger partial charge in [-0.15, -0.1) is 0 Å². The van der Waals surface area contributed by atoms with E-state index in [0.717, 1.165) is 0 Å². The molecule has 0 radical (unpaired) electrons. The monoisotopic (exact) mass is 480 g/mol. The molecule has 180 valence electrons. The molecule has 0 aromatic heterocycles. The number of epoxide rings is 2. The first-order valence-corrected chi connectivity index (χ1v) is 12.3. The minimum atomic E-state index is -1.41. The van der Waals surface area contributed by atoms with Gasteiger partial charge in [0.15, 0.2) is 45.5 Å². The van der Waals surface area contributed by atoms with Crippen molar-refractivity contribution in [2.75, 3.05) is 0 Å². The van der Waals surface area contributed by atoms with Gasteiger partial charge in [0.1, 0.15) is 0 Å². The number of hydrogen-bond acceptors (Lipinski definition) is 6. The van der Waals surface area contributed by atoms with Crippen LogP contribution in [0, 0.1) is 23.7 Å². The van der Waals surface area contributed by atoms with Gasteiger partial charge >= 0.3 is 0 Å². The van der Waals surface area contributed by atoms with E-state index >= 15 is 0 Å². The lowest BCUT2D eigenvalue weighted by atomic mass is 9.48. The molecule has 6 heteroatoms. The molecule has 3 fully saturated rings. The second-order valence-electron chi connectivity index (χ2n) is 10.8. The standard InChI is InChI=1S/C30H24O6/c1-27(24(32)17-9-5-3-6-10-17)29(35-27)21-15-13-20(26(29)34)19-14-16-22(31)30(23(19)21)28(2,36-30)25(33)18-11-7-4-8-12-18/h3-16,19-21,23H,1-2H3/t19?,20?,21?,23?,27-,28-,29?,30-/m0/s1. The first-order chi connectivity index (χ1) is 17.2. The molecule has 5 unspecified atom stereocenters. The molecule has 0 amide bonds. The highest BCUT2D eigenvalue weighted by molar-refractivity contribution is 6.16. The van der Waals surface area contributed by atoms with E-state index in [0.29, 0.717) is 11.1 Å². The Morgan fingerprint density at radius 2 is 1.25 bits per heavy atom. The van der Waals surface area contributed by atoms with E-state index in [9.17, 15) is 19.2 Å². The number of benzene rings is 2. The third-order valence-electron chi connectivity index (χ3n) is 9.19. The third-order valence-corrected chi connectivity index (χ3v) is 9.19. The zero-order valence-corrected chi connectivity index (χ0v) is 19.8. The van der Waals surface area contributed by atoms with Gasteiger partial charge in [-0.25, -0.2) is 0 Å². The summed E-state index contributed by atoms with van der Waals surface area (Å²) in [4.78, 5) is 54.6. The highest BCUT2D eigenvalue weighted by atomic mass is 16.7. The maximum atomic E-state index is 13.9. The van der Waals surface area contributed by atoms with E-state index in [1.165, 1.54) is 6.08 Å². The lowest BCUT2D eigenvalue weighted by molar-refractivity contribution is -0.142. The Morgan fingerprint density at radius 1 is 0.722 bits per heavy atom. The molecule has 2 heterocycles. The van der Waals surface area contributed by atoms with E-state index in [2.05, 4.69) is 0 Å². The van der Waals surface area contributed by atoms with Crippen LogP contribution >= 0.6 is 0 Å². The average molecular weight is 481 g/mol. The van der Waals surface area contributed by atoms with Gasteiger partial charge in [-0.05, 0) is 25.8 Å². The number of allylic oxidation sites excluding steroid dienone is 2. The van der Waals surface area contributed by atoms with E-state index in [1.54, 1.807) is 68.5 Å². The quantitative estimate of drug-likeness (QED) is 0.377. The van der Waals surface area contributed by atoms with E-state index < -0.39 is 40.2 Å². The number of rotatable bonds is 4. The fourth-order valence-electron chi connectivity index (χ4n) is 7.36. The average Bonchev–Trinajstić information content (AvgIpc) is 3.75. The second-order valence-corrected chi connectivity index (χ2v) is 10.8. The summed E-state index contributed by atoms with van der Waals surface area (Å²) in [6.07, 6.45) is 7.00. The maximum absolute atomic E-state index is 13.9. The Bertz CT molecular complexity index is 1430. The molecule has 6 aliphatic rings. The Balaban J connectivity index is 1.33. The van der Waals surface area contributed by atoms with Crippen molar-refractivity contribution in [2.24, 2.45) is 23.7 Å². The number of hydrogen-bond donors (Lipinski definition) is 0. The molecule has 2 aromatic rings. The first kappa shape index (κ1) is 21.8. The molecule has 36 heavy (non-hydrogen) atoms. The van der Waals surface area contributed by atoms with Crippen molar-refractivity contribution >= 4 is 23.1 Å². The smallest absolute Gasteiger partial charge is 0.197 e. The molecule has 4 aliphatic carbocycles. The third kappa shape index (κ3) is 2.26. The van der Waals surface area contributed by atoms with Crippen LogP contribution in [-0.2, 0) is 19.1 Å². The van der Waals surface area contributed by atoms with Crippen LogP contribution in [0.1, 0.15) is 34.6 Å². The van der Waals surface area contributed by atoms with Crippen LogP contribution < -0.4 is 0 Å². The lowest BCUT2D eigenvalue weighted by Crippen LogP contribution is -2.64. The molecule has 2 bridgehead atoms. The molecule has 2 aliphatic heterocycles. The molecule has 2 spiro atoms. The van der Waals surface area contributed by atoms with E-state index in [-0.39, 0.29) is 29.1 Å². The number of ether oxygens (including phenoxy) is 2. The van der Waals surface area contributed by atoms with Gasteiger partial charge in [0.05, 0.1) is 0 Å². The lowest BCUT2D eigenvalue weighted by Gasteiger charge is -2.50. The number of carbonyl (C=O) groups excluding carboxylic acids is 4. The van der Waals surface area contributed by atoms with Gasteiger partial charge in [0, 0.05) is 28.9 Å². The van der Waals surface area contributed by atoms with Crippen LogP contribution in [0.3, 0.4) is 0 Å². The highest BCUT2D eigenvalue weighted by Gasteiger charge is 2.89. The minimum absolute atomic E-state index is 0.145. The van der Waals surface area contributed by atoms with Gasteiger partial charge in [0.25, 0.3) is 0 Å². The molecule has 2 saturated heterocycles. The van der Waals surface area contributed by atoms with Crippen LogP contribution in [-0.4, -0.2) is 45.5 Å². The second kappa shape index (κ2) is 6.64. The molecular weight excluding hydrogens is 456 g/mol. The summed E-state index contributed by atoms with van der Waals surface area (Å²) in [6, 6.07) is 17.6. The maximum Gasteiger partial charge on any atom is 0.197 e. The summed E-state index contributed by atoms with van der Waals surface area (Å²) in [5.74, 6) is -2.93.